The van der Waals surface area contributed by atoms with Crippen molar-refractivity contribution in [1.82, 2.24) is 0 Å². The first-order chi connectivity index (χ1) is 12.7. The maximum atomic E-state index is 3.91. The van der Waals surface area contributed by atoms with Gasteiger partial charge in [-0.05, 0) is 61.9 Å². The van der Waals surface area contributed by atoms with Gasteiger partial charge in [-0.1, -0.05) is 125 Å². The first-order valence-electron chi connectivity index (χ1n) is 10.4. The maximum absolute atomic E-state index is 3.91. The normalized spacial score (nSPS) is 12.4. The third-order valence-electron chi connectivity index (χ3n) is 4.28. The predicted octanol–water partition coefficient (Wildman–Crippen LogP) is 9.54. The second kappa shape index (κ2) is 21.7. The second-order valence-electron chi connectivity index (χ2n) is 7.71. The fourth-order valence-corrected chi connectivity index (χ4v) is 2.32. The summed E-state index contributed by atoms with van der Waals surface area (Å²) < 4.78 is 0. The molecule has 0 nitrogen and oxygen atoms in total. The molecule has 2 atom stereocenters. The average molecular weight is 487 g/mol. The maximum Gasteiger partial charge on any atom is -0.0121 e. The molecule has 0 aliphatic carbocycles. The van der Waals surface area contributed by atoms with Crippen molar-refractivity contribution in [2.24, 2.45) is 17.8 Å². The summed E-state index contributed by atoms with van der Waals surface area (Å²) in [5, 5.41) is 0. The molecular weight excluding hydrogens is 439 g/mol. The molecule has 0 saturated carbocycles. The molecule has 0 heterocycles. The number of halogens is 1. The summed E-state index contributed by atoms with van der Waals surface area (Å²) in [5.74, 6) is 2.16. The zero-order valence-corrected chi connectivity index (χ0v) is 22.1. The number of hydrogen-bond donors (Lipinski definition) is 0. The molecule has 0 N–H and O–H groups in total. The first-order valence-corrected chi connectivity index (χ1v) is 12.5. The number of hydrogen-bond acceptors (Lipinski definition) is 0. The third-order valence-corrected chi connectivity index (χ3v) is 4.28. The quantitative estimate of drug-likeness (QED) is 0.213. The smallest absolute Gasteiger partial charge is 0.0121 e. The van der Waals surface area contributed by atoms with Gasteiger partial charge in [0.2, 0.25) is 0 Å². The van der Waals surface area contributed by atoms with E-state index in [9.17, 15) is 0 Å². The second-order valence-corrected chi connectivity index (χ2v) is 7.71. The van der Waals surface area contributed by atoms with E-state index in [4.69, 9.17) is 0 Å². The lowest BCUT2D eigenvalue weighted by atomic mass is 9.94. The van der Waals surface area contributed by atoms with Crippen molar-refractivity contribution in [2.45, 2.75) is 81.6 Å². The Kier molecular flexibility index (Phi) is 25.1. The van der Waals surface area contributed by atoms with Crippen molar-refractivity contribution in [2.75, 3.05) is 4.93 Å². The molecule has 0 fully saturated rings. The molecule has 0 amide bonds. The number of rotatable bonds is 6. The first kappa shape index (κ1) is 31.1. The Hall–Kier alpha value is -0.570. The van der Waals surface area contributed by atoms with Crippen LogP contribution in [0.4, 0.5) is 0 Å². The topological polar surface area (TPSA) is 0 Å². The van der Waals surface area contributed by atoms with Crippen molar-refractivity contribution in [1.29, 1.82) is 0 Å². The lowest BCUT2D eigenvalue weighted by molar-refractivity contribution is 0.487. The fraction of sp³-hybridized carbons (Fsp3) is 0.615. The summed E-state index contributed by atoms with van der Waals surface area (Å²) in [6.07, 6.45) is 5.87. The highest BCUT2D eigenvalue weighted by atomic mass is 127. The Morgan fingerprint density at radius 3 is 1.70 bits per heavy atom. The van der Waals surface area contributed by atoms with Crippen molar-refractivity contribution < 1.29 is 0 Å². The van der Waals surface area contributed by atoms with Crippen molar-refractivity contribution >= 4 is 22.6 Å². The zero-order chi connectivity index (χ0) is 21.8. The number of alkyl halides is 1. The average Bonchev–Trinajstić information content (AvgIpc) is 2.64. The minimum Gasteiger partial charge on any atom is -0.0999 e. The summed E-state index contributed by atoms with van der Waals surface area (Å²) in [6, 6.07) is 10.7. The molecule has 1 rings (SSSR count). The van der Waals surface area contributed by atoms with E-state index >= 15 is 0 Å². The van der Waals surface area contributed by atoms with Crippen LogP contribution in [0, 0.1) is 17.8 Å². The Bertz CT molecular complexity index is 456. The largest absolute Gasteiger partial charge is 0.0999 e. The van der Waals surface area contributed by atoms with Gasteiger partial charge >= 0.3 is 0 Å². The van der Waals surface area contributed by atoms with Crippen molar-refractivity contribution in [3.05, 3.63) is 59.7 Å². The zero-order valence-electron chi connectivity index (χ0n) is 19.9. The molecule has 0 aromatic heterocycles. The summed E-state index contributed by atoms with van der Waals surface area (Å²) >= 11 is 2.15. The summed E-state index contributed by atoms with van der Waals surface area (Å²) in [6.45, 7) is 23.6. The molecule has 0 unspecified atom stereocenters. The van der Waals surface area contributed by atoms with Crippen LogP contribution in [0.5, 0.6) is 0 Å². The minimum absolute atomic E-state index is 0.660. The van der Waals surface area contributed by atoms with Crippen LogP contribution in [0.15, 0.2) is 54.1 Å². The monoisotopic (exact) mass is 486 g/mol. The van der Waals surface area contributed by atoms with Gasteiger partial charge in [0.1, 0.15) is 0 Å². The summed E-state index contributed by atoms with van der Waals surface area (Å²) in [5.41, 5.74) is 4.21. The molecule has 1 aromatic rings. The molecule has 158 valence electrons. The van der Waals surface area contributed by atoms with Gasteiger partial charge < -0.3 is 0 Å². The van der Waals surface area contributed by atoms with E-state index in [1.165, 1.54) is 29.6 Å². The Balaban J connectivity index is -0.000000359. The molecule has 0 radical (unpaired) electrons. The molecule has 0 spiro atoms. The lowest BCUT2D eigenvalue weighted by Gasteiger charge is -2.12. The Labute approximate surface area is 186 Å². The van der Waals surface area contributed by atoms with Crippen LogP contribution in [0.1, 0.15) is 80.7 Å². The molecule has 0 aliphatic rings. The van der Waals surface area contributed by atoms with Gasteiger partial charge in [-0.25, -0.2) is 0 Å². The van der Waals surface area contributed by atoms with Crippen LogP contribution in [0.25, 0.3) is 0 Å². The van der Waals surface area contributed by atoms with E-state index in [1.54, 1.807) is 0 Å². The Morgan fingerprint density at radius 1 is 0.963 bits per heavy atom. The van der Waals surface area contributed by atoms with E-state index in [0.29, 0.717) is 11.8 Å². The van der Waals surface area contributed by atoms with Crippen molar-refractivity contribution in [3.63, 3.8) is 0 Å². The fourth-order valence-electron chi connectivity index (χ4n) is 2.32. The highest BCUT2D eigenvalue weighted by molar-refractivity contribution is 14.1. The SMILES string of the molecule is C/C=C(/C)[C@@H](C)Cc1ccccc1.C=C(C)[C@@H](C)CC(C)C.CCC.CI. The van der Waals surface area contributed by atoms with Gasteiger partial charge in [0, 0.05) is 0 Å². The lowest BCUT2D eigenvalue weighted by Crippen LogP contribution is -2.00. The third kappa shape index (κ3) is 21.6. The van der Waals surface area contributed by atoms with Gasteiger partial charge in [0.15, 0.2) is 0 Å². The van der Waals surface area contributed by atoms with E-state index in [-0.39, 0.29) is 0 Å². The van der Waals surface area contributed by atoms with Crippen LogP contribution >= 0.6 is 22.6 Å². The van der Waals surface area contributed by atoms with Gasteiger partial charge in [-0.3, -0.25) is 0 Å². The Morgan fingerprint density at radius 2 is 1.41 bits per heavy atom. The summed E-state index contributed by atoms with van der Waals surface area (Å²) in [7, 11) is 0. The van der Waals surface area contributed by atoms with Crippen LogP contribution in [-0.2, 0) is 6.42 Å². The van der Waals surface area contributed by atoms with Crippen LogP contribution in [-0.4, -0.2) is 4.93 Å². The van der Waals surface area contributed by atoms with Crippen LogP contribution in [0.3, 0.4) is 0 Å². The van der Waals surface area contributed by atoms with Gasteiger partial charge in [0.05, 0.1) is 0 Å². The van der Waals surface area contributed by atoms with Crippen molar-refractivity contribution in [3.8, 4) is 0 Å². The number of allylic oxidation sites excluding steroid dienone is 3. The molecule has 27 heavy (non-hydrogen) atoms. The highest BCUT2D eigenvalue weighted by Gasteiger charge is 2.04. The molecular formula is C26H47I. The highest BCUT2D eigenvalue weighted by Crippen LogP contribution is 2.17. The van der Waals surface area contributed by atoms with E-state index in [1.807, 2.05) is 4.93 Å². The standard InChI is InChI=1S/C13H18.C9H18.C3H8.CH3I/c1-4-11(2)12(3)10-13-8-6-5-7-9-13;1-7(2)6-9(5)8(3)4;1-3-2;1-2/h4-9,12H,10H2,1-3H3;7,9H,3,6H2,1-2,4-5H3;3H2,1-2H3;1H3/b11-4-;;;/t12-;9-;;/m00../s1. The molecule has 1 aromatic carbocycles. The van der Waals surface area contributed by atoms with E-state index in [2.05, 4.69) is 128 Å². The van der Waals surface area contributed by atoms with E-state index in [0.717, 1.165) is 12.3 Å². The number of benzene rings is 1. The van der Waals surface area contributed by atoms with Gasteiger partial charge in [0.25, 0.3) is 0 Å². The molecule has 0 bridgehead atoms. The predicted molar refractivity (Wildman–Crippen MR) is 138 cm³/mol. The van der Waals surface area contributed by atoms with Crippen LogP contribution < -0.4 is 0 Å². The van der Waals surface area contributed by atoms with Crippen LogP contribution in [0.2, 0.25) is 0 Å². The molecule has 0 saturated heterocycles. The minimum atomic E-state index is 0.660. The summed E-state index contributed by atoms with van der Waals surface area (Å²) in [4.78, 5) is 1.97. The van der Waals surface area contributed by atoms with E-state index < -0.39 is 0 Å². The molecule has 0 aliphatic heterocycles. The van der Waals surface area contributed by atoms with Gasteiger partial charge in [-0.15, -0.1) is 0 Å². The van der Waals surface area contributed by atoms with Gasteiger partial charge in [-0.2, -0.15) is 0 Å². The molecule has 1 heteroatoms.